The second-order valence-corrected chi connectivity index (χ2v) is 7.24. The second kappa shape index (κ2) is 8.70. The summed E-state index contributed by atoms with van der Waals surface area (Å²) in [5.74, 6) is 2.04. The molecular weight excluding hydrogens is 356 g/mol. The molecule has 4 rings (SSSR count). The number of ether oxygens (including phenoxy) is 1. The Kier molecular flexibility index (Phi) is 5.87. The van der Waals surface area contributed by atoms with Crippen LogP contribution in [-0.2, 0) is 17.8 Å². The van der Waals surface area contributed by atoms with Crippen molar-refractivity contribution >= 4 is 5.96 Å². The Balaban J connectivity index is 1.44. The lowest BCUT2D eigenvalue weighted by molar-refractivity contribution is -0.0502. The van der Waals surface area contributed by atoms with E-state index in [-0.39, 0.29) is 6.10 Å². The number of aryl methyl sites for hydroxylation is 1. The summed E-state index contributed by atoms with van der Waals surface area (Å²) in [6, 6.07) is 11.0. The quantitative estimate of drug-likeness (QED) is 0.617. The molecule has 2 aliphatic rings. The van der Waals surface area contributed by atoms with Crippen LogP contribution in [0.3, 0.4) is 0 Å². The maximum absolute atomic E-state index is 6.09. The van der Waals surface area contributed by atoms with E-state index >= 15 is 0 Å². The third-order valence-electron chi connectivity index (χ3n) is 5.21. The molecule has 2 atom stereocenters. The largest absolute Gasteiger partial charge is 0.373 e. The van der Waals surface area contributed by atoms with E-state index < -0.39 is 0 Å². The summed E-state index contributed by atoms with van der Waals surface area (Å²) in [6.07, 6.45) is 0.201. The first-order chi connectivity index (χ1) is 13.7. The maximum atomic E-state index is 6.09. The SMILES string of the molecule is CCNC(=NCc1nc(C)no1)N1CC2OCCN(Cc3ccccc3)C2C1. The average molecular weight is 384 g/mol. The van der Waals surface area contributed by atoms with Gasteiger partial charge in [-0.15, -0.1) is 0 Å². The zero-order chi connectivity index (χ0) is 19.3. The summed E-state index contributed by atoms with van der Waals surface area (Å²) >= 11 is 0. The van der Waals surface area contributed by atoms with Crippen molar-refractivity contribution in [3.8, 4) is 0 Å². The molecule has 2 aromatic rings. The van der Waals surface area contributed by atoms with Gasteiger partial charge in [-0.05, 0) is 19.4 Å². The highest BCUT2D eigenvalue weighted by Crippen LogP contribution is 2.24. The highest BCUT2D eigenvalue weighted by molar-refractivity contribution is 5.80. The summed E-state index contributed by atoms with van der Waals surface area (Å²) in [6.45, 7) is 9.49. The minimum absolute atomic E-state index is 0.201. The average Bonchev–Trinajstić information content (AvgIpc) is 3.32. The van der Waals surface area contributed by atoms with Crippen molar-refractivity contribution in [1.82, 2.24) is 25.3 Å². The van der Waals surface area contributed by atoms with Crippen LogP contribution in [0.15, 0.2) is 39.8 Å². The van der Waals surface area contributed by atoms with E-state index in [1.165, 1.54) is 5.56 Å². The lowest BCUT2D eigenvalue weighted by atomic mass is 10.1. The number of rotatable bonds is 5. The topological polar surface area (TPSA) is 79.0 Å². The van der Waals surface area contributed by atoms with Gasteiger partial charge in [0.15, 0.2) is 11.8 Å². The summed E-state index contributed by atoms with van der Waals surface area (Å²) in [5.41, 5.74) is 1.34. The van der Waals surface area contributed by atoms with E-state index in [4.69, 9.17) is 14.3 Å². The molecule has 1 aromatic carbocycles. The maximum Gasteiger partial charge on any atom is 0.248 e. The number of morpholine rings is 1. The zero-order valence-corrected chi connectivity index (χ0v) is 16.5. The minimum Gasteiger partial charge on any atom is -0.373 e. The second-order valence-electron chi connectivity index (χ2n) is 7.24. The molecule has 2 fully saturated rings. The summed E-state index contributed by atoms with van der Waals surface area (Å²) in [5, 5.41) is 7.22. The normalized spacial score (nSPS) is 23.1. The first-order valence-corrected chi connectivity index (χ1v) is 9.95. The zero-order valence-electron chi connectivity index (χ0n) is 16.5. The smallest absolute Gasteiger partial charge is 0.248 e. The molecule has 0 amide bonds. The Morgan fingerprint density at radius 2 is 2.14 bits per heavy atom. The number of hydrogen-bond donors (Lipinski definition) is 1. The number of fused-ring (bicyclic) bond motifs is 1. The predicted molar refractivity (Wildman–Crippen MR) is 106 cm³/mol. The Hall–Kier alpha value is -2.45. The van der Waals surface area contributed by atoms with Gasteiger partial charge in [-0.25, -0.2) is 4.99 Å². The van der Waals surface area contributed by atoms with Crippen LogP contribution in [0.25, 0.3) is 0 Å². The van der Waals surface area contributed by atoms with Gasteiger partial charge in [-0.3, -0.25) is 4.90 Å². The molecule has 1 aromatic heterocycles. The number of aromatic nitrogens is 2. The standard InChI is InChI=1S/C20H28N6O2/c1-3-21-20(22-11-19-23-15(2)24-28-19)26-13-17-18(14-26)27-10-9-25(17)12-16-7-5-4-6-8-16/h4-8,17-18H,3,9-14H2,1-2H3,(H,21,22). The monoisotopic (exact) mass is 384 g/mol. The molecule has 3 heterocycles. The van der Waals surface area contributed by atoms with Gasteiger partial charge in [0.2, 0.25) is 5.89 Å². The Labute approximate surface area is 165 Å². The van der Waals surface area contributed by atoms with Crippen LogP contribution < -0.4 is 5.32 Å². The van der Waals surface area contributed by atoms with Gasteiger partial charge < -0.3 is 19.5 Å². The first kappa shape index (κ1) is 18.9. The molecule has 2 saturated heterocycles. The third-order valence-corrected chi connectivity index (χ3v) is 5.21. The van der Waals surface area contributed by atoms with Gasteiger partial charge in [-0.2, -0.15) is 4.98 Å². The van der Waals surface area contributed by atoms with E-state index in [2.05, 4.69) is 62.5 Å². The number of guanidine groups is 1. The van der Waals surface area contributed by atoms with Crippen molar-refractivity contribution in [1.29, 1.82) is 0 Å². The van der Waals surface area contributed by atoms with Crippen LogP contribution in [0, 0.1) is 6.92 Å². The molecule has 8 nitrogen and oxygen atoms in total. The highest BCUT2D eigenvalue weighted by Gasteiger charge is 2.41. The predicted octanol–water partition coefficient (Wildman–Crippen LogP) is 1.43. The summed E-state index contributed by atoms with van der Waals surface area (Å²) < 4.78 is 11.3. The van der Waals surface area contributed by atoms with Crippen LogP contribution in [0.4, 0.5) is 0 Å². The number of benzene rings is 1. The van der Waals surface area contributed by atoms with Crippen molar-refractivity contribution in [2.45, 2.75) is 39.1 Å². The Bertz CT molecular complexity index is 793. The van der Waals surface area contributed by atoms with Crippen LogP contribution >= 0.6 is 0 Å². The van der Waals surface area contributed by atoms with Crippen molar-refractivity contribution < 1.29 is 9.26 Å². The molecule has 150 valence electrons. The van der Waals surface area contributed by atoms with Crippen LogP contribution in [-0.4, -0.2) is 70.8 Å². The van der Waals surface area contributed by atoms with Crippen molar-refractivity contribution in [2.75, 3.05) is 32.8 Å². The van der Waals surface area contributed by atoms with Crippen LogP contribution in [0.5, 0.6) is 0 Å². The van der Waals surface area contributed by atoms with Gasteiger partial charge in [-0.1, -0.05) is 35.5 Å². The van der Waals surface area contributed by atoms with Crippen LogP contribution in [0.1, 0.15) is 24.2 Å². The van der Waals surface area contributed by atoms with E-state index in [0.717, 1.165) is 45.3 Å². The fraction of sp³-hybridized carbons (Fsp3) is 0.550. The third kappa shape index (κ3) is 4.34. The van der Waals surface area contributed by atoms with Gasteiger partial charge in [0, 0.05) is 32.7 Å². The Morgan fingerprint density at radius 1 is 1.29 bits per heavy atom. The first-order valence-electron chi connectivity index (χ1n) is 9.95. The van der Waals surface area contributed by atoms with Gasteiger partial charge in [0.1, 0.15) is 6.54 Å². The Morgan fingerprint density at radius 3 is 2.89 bits per heavy atom. The minimum atomic E-state index is 0.201. The molecule has 0 aliphatic carbocycles. The summed E-state index contributed by atoms with van der Waals surface area (Å²) in [7, 11) is 0. The number of likely N-dealkylation sites (tertiary alicyclic amines) is 1. The molecular formula is C20H28N6O2. The lowest BCUT2D eigenvalue weighted by Gasteiger charge is -2.36. The molecule has 2 unspecified atom stereocenters. The van der Waals surface area contributed by atoms with Crippen LogP contribution in [0.2, 0.25) is 0 Å². The van der Waals surface area contributed by atoms with Gasteiger partial charge in [0.25, 0.3) is 0 Å². The molecule has 8 heteroatoms. The fourth-order valence-electron chi connectivity index (χ4n) is 3.92. The van der Waals surface area contributed by atoms with Gasteiger partial charge >= 0.3 is 0 Å². The number of nitrogens with one attached hydrogen (secondary N) is 1. The van der Waals surface area contributed by atoms with Crippen molar-refractivity contribution in [3.05, 3.63) is 47.6 Å². The molecule has 0 bridgehead atoms. The molecule has 0 radical (unpaired) electrons. The van der Waals surface area contributed by atoms with Crippen molar-refractivity contribution in [3.63, 3.8) is 0 Å². The molecule has 28 heavy (non-hydrogen) atoms. The molecule has 2 aliphatic heterocycles. The molecule has 1 N–H and O–H groups in total. The van der Waals surface area contributed by atoms with Crippen molar-refractivity contribution in [2.24, 2.45) is 4.99 Å². The number of nitrogens with zero attached hydrogens (tertiary/aromatic N) is 5. The molecule has 0 spiro atoms. The summed E-state index contributed by atoms with van der Waals surface area (Å²) in [4.78, 5) is 13.8. The fourth-order valence-corrected chi connectivity index (χ4v) is 3.92. The van der Waals surface area contributed by atoms with E-state index in [9.17, 15) is 0 Å². The highest BCUT2D eigenvalue weighted by atomic mass is 16.5. The van der Waals surface area contributed by atoms with E-state index in [0.29, 0.717) is 24.3 Å². The van der Waals surface area contributed by atoms with E-state index in [1.54, 1.807) is 0 Å². The molecule has 0 saturated carbocycles. The number of aliphatic imine (C=N–C) groups is 1. The van der Waals surface area contributed by atoms with Gasteiger partial charge in [0.05, 0.1) is 18.8 Å². The lowest BCUT2D eigenvalue weighted by Crippen LogP contribution is -2.50. The number of hydrogen-bond acceptors (Lipinski definition) is 6. The van der Waals surface area contributed by atoms with E-state index in [1.807, 2.05) is 6.92 Å².